The second kappa shape index (κ2) is 4.92. The lowest BCUT2D eigenvalue weighted by Gasteiger charge is -1.62. The summed E-state index contributed by atoms with van der Waals surface area (Å²) >= 11 is 0. The Morgan fingerprint density at radius 1 is 1.33 bits per heavy atom. The van der Waals surface area contributed by atoms with Crippen LogP contribution in [0.15, 0.2) is 0 Å². The molecule has 0 saturated heterocycles. The van der Waals surface area contributed by atoms with Crippen molar-refractivity contribution in [1.82, 2.24) is 5.43 Å². The molecular weight excluding hydrogens is 76.1 g/mol. The van der Waals surface area contributed by atoms with Crippen LogP contribution >= 0.6 is 0 Å². The number of nitrogens with two attached hydrogens (primary N) is 1. The zero-order valence-corrected chi connectivity index (χ0v) is 4.20. The fourth-order valence-electron chi connectivity index (χ4n) is 0. The van der Waals surface area contributed by atoms with Crippen molar-refractivity contribution in [2.45, 2.75) is 19.3 Å². The lowest BCUT2D eigenvalue weighted by Crippen LogP contribution is -2.13. The molecular formula is C4H12N2. The molecule has 6 heavy (non-hydrogen) atoms. The van der Waals surface area contributed by atoms with Crippen molar-refractivity contribution in [3.8, 4) is 0 Å². The summed E-state index contributed by atoms with van der Waals surface area (Å²) in [5, 5.41) is 0. The van der Waals surface area contributed by atoms with E-state index in [9.17, 15) is 0 Å². The molecule has 38 valence electrons. The number of hydrogen-bond acceptors (Lipinski definition) is 2. The summed E-state index contributed by atoms with van der Waals surface area (Å²) in [4.78, 5) is 0. The molecule has 1 rings (SSSR count). The number of hydrazine groups is 1. The van der Waals surface area contributed by atoms with Gasteiger partial charge in [-0.15, -0.1) is 0 Å². The highest BCUT2D eigenvalue weighted by atomic mass is 15.2. The van der Waals surface area contributed by atoms with Gasteiger partial charge in [-0.3, -0.25) is 11.3 Å². The Labute approximate surface area is 38.7 Å². The molecule has 2 nitrogen and oxygen atoms in total. The molecule has 1 aliphatic rings. The van der Waals surface area contributed by atoms with Gasteiger partial charge in [0.25, 0.3) is 0 Å². The van der Waals surface area contributed by atoms with Crippen LogP contribution in [0.2, 0.25) is 0 Å². The predicted octanol–water partition coefficient (Wildman–Crippen LogP) is 0.250. The first-order chi connectivity index (χ1) is 2.91. The Balaban J connectivity index is 0.0000000833. The normalized spacial score (nSPS) is 15.0. The van der Waals surface area contributed by atoms with Crippen molar-refractivity contribution < 1.29 is 0 Å². The summed E-state index contributed by atoms with van der Waals surface area (Å²) in [6.45, 7) is 0. The van der Waals surface area contributed by atoms with E-state index in [0.29, 0.717) is 0 Å². The van der Waals surface area contributed by atoms with E-state index in [2.05, 4.69) is 11.3 Å². The molecule has 0 heterocycles. The number of hydrogen-bond donors (Lipinski definition) is 2. The van der Waals surface area contributed by atoms with E-state index in [1.165, 1.54) is 19.3 Å². The molecule has 3 N–H and O–H groups in total. The standard InChI is InChI=1S/C3H6.CH6N2/c1-2-3-1;1-3-2/h1-3H2;3H,2H2,1H3. The molecule has 0 aromatic carbocycles. The van der Waals surface area contributed by atoms with Crippen LogP contribution in [-0.4, -0.2) is 7.05 Å². The third-order valence-electron chi connectivity index (χ3n) is 0.354. The molecule has 0 radical (unpaired) electrons. The molecule has 0 unspecified atom stereocenters. The maximum Gasteiger partial charge on any atom is -0.00172 e. The van der Waals surface area contributed by atoms with Gasteiger partial charge in [-0.05, 0) is 7.05 Å². The summed E-state index contributed by atoms with van der Waals surface area (Å²) in [6.07, 6.45) is 4.50. The maximum atomic E-state index is 4.60. The minimum atomic E-state index is 1.50. The summed E-state index contributed by atoms with van der Waals surface area (Å²) in [7, 11) is 1.65. The monoisotopic (exact) mass is 88.1 g/mol. The van der Waals surface area contributed by atoms with Gasteiger partial charge in [0.15, 0.2) is 0 Å². The highest BCUT2D eigenvalue weighted by Gasteiger charge is 1.95. The van der Waals surface area contributed by atoms with Crippen molar-refractivity contribution >= 4 is 0 Å². The van der Waals surface area contributed by atoms with E-state index < -0.39 is 0 Å². The van der Waals surface area contributed by atoms with Gasteiger partial charge in [-0.2, -0.15) is 0 Å². The van der Waals surface area contributed by atoms with Gasteiger partial charge in [-0.25, -0.2) is 0 Å². The van der Waals surface area contributed by atoms with Crippen LogP contribution in [0, 0.1) is 0 Å². The van der Waals surface area contributed by atoms with E-state index in [4.69, 9.17) is 0 Å². The van der Waals surface area contributed by atoms with Crippen LogP contribution in [0.25, 0.3) is 0 Å². The second-order valence-corrected chi connectivity index (χ2v) is 1.35. The molecule has 1 fully saturated rings. The molecule has 2 heteroatoms. The zero-order valence-electron chi connectivity index (χ0n) is 4.20. The van der Waals surface area contributed by atoms with E-state index in [1.54, 1.807) is 7.05 Å². The maximum absolute atomic E-state index is 4.60. The molecule has 1 aliphatic carbocycles. The van der Waals surface area contributed by atoms with Crippen LogP contribution in [0.5, 0.6) is 0 Å². The lowest BCUT2D eigenvalue weighted by molar-refractivity contribution is 0.900. The third kappa shape index (κ3) is 39.5. The average Bonchev–Trinajstić information content (AvgIpc) is 2.11. The molecule has 0 bridgehead atoms. The minimum Gasteiger partial charge on any atom is -0.272 e. The molecule has 0 aromatic heterocycles. The first kappa shape index (κ1) is 5.92. The second-order valence-electron chi connectivity index (χ2n) is 1.35. The van der Waals surface area contributed by atoms with Crippen LogP contribution in [0.4, 0.5) is 0 Å². The minimum absolute atomic E-state index is 1.50. The topological polar surface area (TPSA) is 38.0 Å². The Hall–Kier alpha value is -0.0800. The van der Waals surface area contributed by atoms with Gasteiger partial charge in [0, 0.05) is 0 Å². The SMILES string of the molecule is C1CC1.CNN. The van der Waals surface area contributed by atoms with E-state index in [0.717, 1.165) is 0 Å². The van der Waals surface area contributed by atoms with Crippen molar-refractivity contribution in [2.24, 2.45) is 5.84 Å². The van der Waals surface area contributed by atoms with Crippen LogP contribution in [0.1, 0.15) is 19.3 Å². The molecule has 0 spiro atoms. The summed E-state index contributed by atoms with van der Waals surface area (Å²) in [5.41, 5.74) is 2.25. The smallest absolute Gasteiger partial charge is 0.00172 e. The fraction of sp³-hybridized carbons (Fsp3) is 1.00. The van der Waals surface area contributed by atoms with Crippen LogP contribution in [0.3, 0.4) is 0 Å². The number of nitrogens with one attached hydrogen (secondary N) is 1. The highest BCUT2D eigenvalue weighted by molar-refractivity contribution is 4.50. The first-order valence-corrected chi connectivity index (χ1v) is 2.29. The van der Waals surface area contributed by atoms with Crippen molar-refractivity contribution in [2.75, 3.05) is 7.05 Å². The summed E-state index contributed by atoms with van der Waals surface area (Å²) in [5.74, 6) is 4.60. The van der Waals surface area contributed by atoms with E-state index in [1.807, 2.05) is 0 Å². The molecule has 1 saturated carbocycles. The van der Waals surface area contributed by atoms with Crippen molar-refractivity contribution in [1.29, 1.82) is 0 Å². The van der Waals surface area contributed by atoms with Gasteiger partial charge in [0.05, 0.1) is 0 Å². The van der Waals surface area contributed by atoms with Gasteiger partial charge in [-0.1, -0.05) is 19.3 Å². The Morgan fingerprint density at radius 2 is 1.50 bits per heavy atom. The molecule has 0 amide bonds. The Kier molecular flexibility index (Phi) is 4.85. The first-order valence-electron chi connectivity index (χ1n) is 2.29. The molecule has 0 aromatic rings. The molecule has 0 atom stereocenters. The quantitative estimate of drug-likeness (QED) is 0.329. The number of rotatable bonds is 0. The van der Waals surface area contributed by atoms with Crippen LogP contribution < -0.4 is 11.3 Å². The third-order valence-corrected chi connectivity index (χ3v) is 0.354. The summed E-state index contributed by atoms with van der Waals surface area (Å²) < 4.78 is 0. The molecule has 0 aliphatic heterocycles. The largest absolute Gasteiger partial charge is 0.272 e. The fourth-order valence-corrected chi connectivity index (χ4v) is 0. The predicted molar refractivity (Wildman–Crippen MR) is 27.1 cm³/mol. The van der Waals surface area contributed by atoms with Gasteiger partial charge < -0.3 is 0 Å². The lowest BCUT2D eigenvalue weighted by atomic mass is 11.0. The Bertz CT molecular complexity index is 16.8. The Morgan fingerprint density at radius 3 is 1.50 bits per heavy atom. The van der Waals surface area contributed by atoms with E-state index >= 15 is 0 Å². The van der Waals surface area contributed by atoms with Gasteiger partial charge in [0.1, 0.15) is 0 Å². The van der Waals surface area contributed by atoms with Crippen molar-refractivity contribution in [3.05, 3.63) is 0 Å². The van der Waals surface area contributed by atoms with E-state index in [-0.39, 0.29) is 0 Å². The highest BCUT2D eigenvalue weighted by Crippen LogP contribution is 2.14. The van der Waals surface area contributed by atoms with Gasteiger partial charge >= 0.3 is 0 Å². The average molecular weight is 88.2 g/mol. The summed E-state index contributed by atoms with van der Waals surface area (Å²) in [6, 6.07) is 0. The van der Waals surface area contributed by atoms with Crippen molar-refractivity contribution in [3.63, 3.8) is 0 Å². The van der Waals surface area contributed by atoms with Gasteiger partial charge in [0.2, 0.25) is 0 Å². The van der Waals surface area contributed by atoms with Crippen LogP contribution in [-0.2, 0) is 0 Å². The zero-order chi connectivity index (χ0) is 4.83.